The minimum absolute atomic E-state index is 0.0725. The monoisotopic (exact) mass is 358 g/mol. The first-order valence-corrected chi connectivity index (χ1v) is 8.65. The summed E-state index contributed by atoms with van der Waals surface area (Å²) in [6, 6.07) is 15.1. The van der Waals surface area contributed by atoms with Crippen molar-refractivity contribution in [3.8, 4) is 0 Å². The van der Waals surface area contributed by atoms with E-state index in [1.807, 2.05) is 56.3 Å². The first-order chi connectivity index (χ1) is 11.9. The molecule has 0 saturated carbocycles. The standard InChI is InChI=1S/C20H23ClN2O2/c1-14-13-18(21)9-10-19(14)23(16(3)24)12-11-20(25)22-15(2)17-7-5-4-6-8-17/h4-10,13,15H,11-12H2,1-3H3,(H,22,25). The second kappa shape index (κ2) is 8.67. The van der Waals surface area contributed by atoms with E-state index in [0.29, 0.717) is 11.6 Å². The number of amides is 2. The number of benzene rings is 2. The van der Waals surface area contributed by atoms with Crippen LogP contribution in [0.25, 0.3) is 0 Å². The Bertz CT molecular complexity index is 747. The fraction of sp³-hybridized carbons (Fsp3) is 0.300. The van der Waals surface area contributed by atoms with Crippen LogP contribution in [-0.4, -0.2) is 18.4 Å². The Balaban J connectivity index is 1.99. The highest BCUT2D eigenvalue weighted by molar-refractivity contribution is 6.30. The van der Waals surface area contributed by atoms with Crippen LogP contribution < -0.4 is 10.2 Å². The van der Waals surface area contributed by atoms with Crippen LogP contribution in [0, 0.1) is 6.92 Å². The van der Waals surface area contributed by atoms with Gasteiger partial charge in [-0.3, -0.25) is 9.59 Å². The molecule has 4 nitrogen and oxygen atoms in total. The molecular formula is C20H23ClN2O2. The smallest absolute Gasteiger partial charge is 0.223 e. The Morgan fingerprint density at radius 3 is 2.44 bits per heavy atom. The molecule has 1 atom stereocenters. The molecule has 0 aliphatic rings. The van der Waals surface area contributed by atoms with Crippen LogP contribution in [0.2, 0.25) is 5.02 Å². The summed E-state index contributed by atoms with van der Waals surface area (Å²) in [5.74, 6) is -0.191. The third-order valence-electron chi connectivity index (χ3n) is 4.07. The molecule has 2 rings (SSSR count). The van der Waals surface area contributed by atoms with Gasteiger partial charge in [-0.15, -0.1) is 0 Å². The summed E-state index contributed by atoms with van der Waals surface area (Å²) in [6.45, 7) is 5.66. The third-order valence-corrected chi connectivity index (χ3v) is 4.30. The van der Waals surface area contributed by atoms with E-state index in [4.69, 9.17) is 11.6 Å². The number of carbonyl (C=O) groups excluding carboxylic acids is 2. The van der Waals surface area contributed by atoms with Gasteiger partial charge >= 0.3 is 0 Å². The zero-order valence-corrected chi connectivity index (χ0v) is 15.5. The number of aryl methyl sites for hydroxylation is 1. The van der Waals surface area contributed by atoms with Crippen LogP contribution >= 0.6 is 11.6 Å². The van der Waals surface area contributed by atoms with E-state index in [9.17, 15) is 9.59 Å². The Morgan fingerprint density at radius 1 is 1.16 bits per heavy atom. The van der Waals surface area contributed by atoms with E-state index < -0.39 is 0 Å². The molecule has 0 saturated heterocycles. The van der Waals surface area contributed by atoms with Crippen molar-refractivity contribution in [2.75, 3.05) is 11.4 Å². The van der Waals surface area contributed by atoms with Crippen LogP contribution in [0.15, 0.2) is 48.5 Å². The van der Waals surface area contributed by atoms with Crippen molar-refractivity contribution in [1.29, 1.82) is 0 Å². The highest BCUT2D eigenvalue weighted by Gasteiger charge is 2.16. The van der Waals surface area contributed by atoms with Gasteiger partial charge in [-0.05, 0) is 43.2 Å². The lowest BCUT2D eigenvalue weighted by Gasteiger charge is -2.23. The predicted octanol–water partition coefficient (Wildman–Crippen LogP) is 4.27. The number of anilines is 1. The summed E-state index contributed by atoms with van der Waals surface area (Å²) >= 11 is 5.98. The van der Waals surface area contributed by atoms with Crippen LogP contribution in [0.1, 0.15) is 37.4 Å². The molecule has 1 N–H and O–H groups in total. The van der Waals surface area contributed by atoms with Crippen LogP contribution in [0.4, 0.5) is 5.69 Å². The molecule has 0 aliphatic heterocycles. The molecule has 2 aromatic carbocycles. The maximum absolute atomic E-state index is 12.3. The molecule has 0 spiro atoms. The predicted molar refractivity (Wildman–Crippen MR) is 102 cm³/mol. The van der Waals surface area contributed by atoms with Gasteiger partial charge in [0.05, 0.1) is 6.04 Å². The van der Waals surface area contributed by atoms with Crippen molar-refractivity contribution in [2.24, 2.45) is 0 Å². The van der Waals surface area contributed by atoms with Gasteiger partial charge in [-0.25, -0.2) is 0 Å². The van der Waals surface area contributed by atoms with Gasteiger partial charge in [-0.1, -0.05) is 41.9 Å². The molecule has 0 aromatic heterocycles. The van der Waals surface area contributed by atoms with Crippen molar-refractivity contribution in [2.45, 2.75) is 33.2 Å². The summed E-state index contributed by atoms with van der Waals surface area (Å²) in [6.07, 6.45) is 0.235. The van der Waals surface area contributed by atoms with Gasteiger partial charge in [0.15, 0.2) is 0 Å². The molecule has 0 radical (unpaired) electrons. The Kier molecular flexibility index (Phi) is 6.59. The number of hydrogen-bond donors (Lipinski definition) is 1. The minimum Gasteiger partial charge on any atom is -0.350 e. The summed E-state index contributed by atoms with van der Waals surface area (Å²) < 4.78 is 0. The van der Waals surface area contributed by atoms with Crippen LogP contribution in [0.3, 0.4) is 0 Å². The average Bonchev–Trinajstić information content (AvgIpc) is 2.57. The lowest BCUT2D eigenvalue weighted by atomic mass is 10.1. The Labute approximate surface area is 153 Å². The number of halogens is 1. The molecular weight excluding hydrogens is 336 g/mol. The van der Waals surface area contributed by atoms with Gasteiger partial charge in [0, 0.05) is 30.6 Å². The first-order valence-electron chi connectivity index (χ1n) is 8.27. The van der Waals surface area contributed by atoms with E-state index in [2.05, 4.69) is 5.32 Å². The third kappa shape index (κ3) is 5.33. The maximum atomic E-state index is 12.3. The number of hydrogen-bond acceptors (Lipinski definition) is 2. The van der Waals surface area contributed by atoms with Crippen LogP contribution in [-0.2, 0) is 9.59 Å². The van der Waals surface area contributed by atoms with Gasteiger partial charge in [0.2, 0.25) is 11.8 Å². The molecule has 132 valence electrons. The number of carbonyl (C=O) groups is 2. The van der Waals surface area contributed by atoms with E-state index in [0.717, 1.165) is 16.8 Å². The van der Waals surface area contributed by atoms with Gasteiger partial charge in [0.1, 0.15) is 0 Å². The van der Waals surface area contributed by atoms with Gasteiger partial charge in [0.25, 0.3) is 0 Å². The average molecular weight is 359 g/mol. The fourth-order valence-corrected chi connectivity index (χ4v) is 2.95. The molecule has 0 bridgehead atoms. The number of nitrogens with one attached hydrogen (secondary N) is 1. The highest BCUT2D eigenvalue weighted by atomic mass is 35.5. The SMILES string of the molecule is CC(=O)N(CCC(=O)NC(C)c1ccccc1)c1ccc(Cl)cc1C. The summed E-state index contributed by atoms with van der Waals surface area (Å²) in [4.78, 5) is 25.9. The Hall–Kier alpha value is -2.33. The zero-order chi connectivity index (χ0) is 18.4. The van der Waals surface area contributed by atoms with Crippen molar-refractivity contribution >= 4 is 29.1 Å². The van der Waals surface area contributed by atoms with E-state index in [1.54, 1.807) is 11.0 Å². The lowest BCUT2D eigenvalue weighted by Crippen LogP contribution is -2.35. The second-order valence-corrected chi connectivity index (χ2v) is 6.49. The topological polar surface area (TPSA) is 49.4 Å². The first kappa shape index (κ1) is 19.0. The van der Waals surface area contributed by atoms with Gasteiger partial charge < -0.3 is 10.2 Å². The summed E-state index contributed by atoms with van der Waals surface area (Å²) in [5.41, 5.74) is 2.73. The van der Waals surface area contributed by atoms with Crippen molar-refractivity contribution in [1.82, 2.24) is 5.32 Å². The molecule has 5 heteroatoms. The summed E-state index contributed by atoms with van der Waals surface area (Å²) in [5, 5.41) is 3.59. The maximum Gasteiger partial charge on any atom is 0.223 e. The van der Waals surface area contributed by atoms with Crippen molar-refractivity contribution in [3.05, 3.63) is 64.7 Å². The lowest BCUT2D eigenvalue weighted by molar-refractivity contribution is -0.121. The van der Waals surface area contributed by atoms with E-state index in [1.165, 1.54) is 6.92 Å². The van der Waals surface area contributed by atoms with Crippen molar-refractivity contribution in [3.63, 3.8) is 0 Å². The minimum atomic E-state index is -0.102. The quantitative estimate of drug-likeness (QED) is 0.838. The largest absolute Gasteiger partial charge is 0.350 e. The highest BCUT2D eigenvalue weighted by Crippen LogP contribution is 2.24. The van der Waals surface area contributed by atoms with Crippen molar-refractivity contribution < 1.29 is 9.59 Å². The molecule has 0 aliphatic carbocycles. The van der Waals surface area contributed by atoms with E-state index in [-0.39, 0.29) is 24.3 Å². The second-order valence-electron chi connectivity index (χ2n) is 6.05. The molecule has 2 amide bonds. The number of nitrogens with zero attached hydrogens (tertiary/aromatic N) is 1. The summed E-state index contributed by atoms with van der Waals surface area (Å²) in [7, 11) is 0. The zero-order valence-electron chi connectivity index (χ0n) is 14.8. The Morgan fingerprint density at radius 2 is 1.84 bits per heavy atom. The normalized spacial score (nSPS) is 11.7. The molecule has 2 aromatic rings. The van der Waals surface area contributed by atoms with Gasteiger partial charge in [-0.2, -0.15) is 0 Å². The molecule has 25 heavy (non-hydrogen) atoms. The van der Waals surface area contributed by atoms with Crippen LogP contribution in [0.5, 0.6) is 0 Å². The number of rotatable bonds is 6. The molecule has 1 unspecified atom stereocenters. The molecule has 0 heterocycles. The van der Waals surface area contributed by atoms with E-state index >= 15 is 0 Å². The fourth-order valence-electron chi connectivity index (χ4n) is 2.72. The molecule has 0 fully saturated rings.